The Morgan fingerprint density at radius 3 is 2.57 bits per heavy atom. The summed E-state index contributed by atoms with van der Waals surface area (Å²) in [5.74, 6) is -1.22. The molecule has 300 valence electrons. The van der Waals surface area contributed by atoms with Gasteiger partial charge >= 0.3 is 6.01 Å². The van der Waals surface area contributed by atoms with E-state index in [0.29, 0.717) is 46.9 Å². The summed E-state index contributed by atoms with van der Waals surface area (Å²) in [5.41, 5.74) is -0.881. The maximum Gasteiger partial charge on any atom is 0.319 e. The molecule has 0 bridgehead atoms. The lowest BCUT2D eigenvalue weighted by Gasteiger charge is -2.60. The molecular formula is C42H51F2N5O7. The Bertz CT molecular complexity index is 2160. The molecule has 5 fully saturated rings. The average molecular weight is 776 g/mol. The van der Waals surface area contributed by atoms with E-state index in [2.05, 4.69) is 9.88 Å². The number of phenols is 1. The molecule has 2 saturated carbocycles. The summed E-state index contributed by atoms with van der Waals surface area (Å²) < 4.78 is 56.6. The fourth-order valence-corrected chi connectivity index (χ4v) is 10.5. The Hall–Kier alpha value is -3.95. The number of anilines is 1. The second-order valence-electron chi connectivity index (χ2n) is 17.3. The van der Waals surface area contributed by atoms with Gasteiger partial charge < -0.3 is 39.2 Å². The van der Waals surface area contributed by atoms with Crippen LogP contribution in [0.3, 0.4) is 0 Å². The number of methoxy groups -OCH3 is 1. The summed E-state index contributed by atoms with van der Waals surface area (Å²) in [4.78, 5) is 18.8. The molecule has 5 heterocycles. The quantitative estimate of drug-likeness (QED) is 0.197. The molecule has 2 aliphatic carbocycles. The van der Waals surface area contributed by atoms with E-state index >= 15 is 8.78 Å². The first-order valence-corrected chi connectivity index (χ1v) is 20.0. The maximum absolute atomic E-state index is 17.5. The summed E-state index contributed by atoms with van der Waals surface area (Å²) >= 11 is 0. The summed E-state index contributed by atoms with van der Waals surface area (Å²) in [6.07, 6.45) is 7.27. The Morgan fingerprint density at radius 2 is 1.84 bits per heavy atom. The van der Waals surface area contributed by atoms with E-state index in [9.17, 15) is 15.3 Å². The lowest BCUT2D eigenvalue weighted by Crippen LogP contribution is -2.64. The van der Waals surface area contributed by atoms with E-state index < -0.39 is 23.3 Å². The third kappa shape index (κ3) is 6.32. The number of rotatable bonds is 9. The number of aliphatic hydroxyl groups excluding tert-OH is 1. The van der Waals surface area contributed by atoms with Gasteiger partial charge in [-0.3, -0.25) is 4.90 Å². The number of pyridine rings is 1. The molecule has 12 nitrogen and oxygen atoms in total. The fraction of sp³-hybridized carbons (Fsp3) is 0.595. The smallest absolute Gasteiger partial charge is 0.319 e. The number of aliphatic hydroxyl groups is 2. The first kappa shape index (κ1) is 37.6. The van der Waals surface area contributed by atoms with Crippen molar-refractivity contribution < 1.29 is 43.0 Å². The Morgan fingerprint density at radius 1 is 1.04 bits per heavy atom. The van der Waals surface area contributed by atoms with Crippen molar-refractivity contribution in [2.75, 3.05) is 64.7 Å². The number of hydrogen-bond donors (Lipinski definition) is 3. The van der Waals surface area contributed by atoms with E-state index in [1.807, 2.05) is 6.92 Å². The molecule has 3 saturated heterocycles. The number of piperidine rings is 1. The molecule has 1 spiro atoms. The third-order valence-electron chi connectivity index (χ3n) is 13.2. The van der Waals surface area contributed by atoms with Gasteiger partial charge in [0, 0.05) is 35.0 Å². The van der Waals surface area contributed by atoms with Crippen molar-refractivity contribution in [3.8, 4) is 28.9 Å². The zero-order valence-corrected chi connectivity index (χ0v) is 32.3. The molecule has 3 aliphatic heterocycles. The average Bonchev–Trinajstić information content (AvgIpc) is 3.52. The molecule has 9 rings (SSSR count). The van der Waals surface area contributed by atoms with Gasteiger partial charge in [-0.05, 0) is 92.9 Å². The highest BCUT2D eigenvalue weighted by atomic mass is 19.1. The first-order chi connectivity index (χ1) is 27.0. The van der Waals surface area contributed by atoms with Gasteiger partial charge in [-0.25, -0.2) is 13.8 Å². The van der Waals surface area contributed by atoms with Gasteiger partial charge in [0.2, 0.25) is 5.88 Å². The molecule has 0 amide bonds. The third-order valence-corrected chi connectivity index (χ3v) is 13.2. The van der Waals surface area contributed by atoms with E-state index in [-0.39, 0.29) is 77.3 Å². The fourth-order valence-electron chi connectivity index (χ4n) is 10.5. The van der Waals surface area contributed by atoms with Crippen molar-refractivity contribution in [1.29, 1.82) is 0 Å². The highest BCUT2D eigenvalue weighted by molar-refractivity contribution is 6.03. The Balaban J connectivity index is 1.17. The van der Waals surface area contributed by atoms with Gasteiger partial charge in [-0.15, -0.1) is 0 Å². The van der Waals surface area contributed by atoms with E-state index in [1.54, 1.807) is 17.9 Å². The van der Waals surface area contributed by atoms with Gasteiger partial charge in [0.15, 0.2) is 5.82 Å². The molecule has 3 N–H and O–H groups in total. The molecule has 0 radical (unpaired) electrons. The summed E-state index contributed by atoms with van der Waals surface area (Å²) in [6.45, 7) is 6.40. The highest BCUT2D eigenvalue weighted by Crippen LogP contribution is 2.55. The van der Waals surface area contributed by atoms with Crippen LogP contribution in [-0.2, 0) is 15.9 Å². The minimum Gasteiger partial charge on any atom is -0.508 e. The number of aryl methyl sites for hydroxylation is 1. The number of ether oxygens (including phenoxy) is 4. The number of aromatic hydroxyl groups is 1. The SMILES string of the molecule is CCc1c(F)ccc2cc(O)cc(-c3nc(OC)c4c(N5C[C@H](CO)OC[C@@](C)(O)C5)nc(OC[C@]56CCC[C@H]5N(C5CC7(COC7)C5)CCC6)nc4c3F)c12. The minimum absolute atomic E-state index is 0.0123. The summed E-state index contributed by atoms with van der Waals surface area (Å²) in [7, 11) is 1.41. The van der Waals surface area contributed by atoms with Crippen LogP contribution >= 0.6 is 0 Å². The number of β-amino-alcohol motifs (C(OH)–C–C–N with tert-alkyl or cyclic N) is 1. The van der Waals surface area contributed by atoms with E-state index in [0.717, 1.165) is 51.9 Å². The number of benzene rings is 2. The van der Waals surface area contributed by atoms with Crippen LogP contribution in [0.25, 0.3) is 32.9 Å². The number of nitrogens with zero attached hydrogens (tertiary/aromatic N) is 5. The van der Waals surface area contributed by atoms with Gasteiger partial charge in [-0.1, -0.05) is 19.4 Å². The zero-order valence-electron chi connectivity index (χ0n) is 32.3. The second kappa shape index (κ2) is 14.2. The van der Waals surface area contributed by atoms with Crippen LogP contribution in [0.4, 0.5) is 14.6 Å². The lowest BCUT2D eigenvalue weighted by molar-refractivity contribution is -0.196. The molecule has 4 atom stereocenters. The normalized spacial score (nSPS) is 27.9. The van der Waals surface area contributed by atoms with Crippen molar-refractivity contribution in [3.05, 3.63) is 41.5 Å². The Labute approximate surface area is 324 Å². The van der Waals surface area contributed by atoms with Gasteiger partial charge in [0.25, 0.3) is 0 Å². The first-order valence-electron chi connectivity index (χ1n) is 20.0. The van der Waals surface area contributed by atoms with Crippen LogP contribution in [0.15, 0.2) is 24.3 Å². The number of fused-ring (bicyclic) bond motifs is 3. The maximum atomic E-state index is 17.5. The van der Waals surface area contributed by atoms with E-state index in [1.165, 1.54) is 38.2 Å². The van der Waals surface area contributed by atoms with Crippen LogP contribution in [0.2, 0.25) is 0 Å². The molecule has 0 unspecified atom stereocenters. The van der Waals surface area contributed by atoms with Crippen molar-refractivity contribution in [3.63, 3.8) is 0 Å². The largest absolute Gasteiger partial charge is 0.508 e. The molecule has 2 aromatic carbocycles. The summed E-state index contributed by atoms with van der Waals surface area (Å²) in [5, 5.41) is 33.4. The molecule has 56 heavy (non-hydrogen) atoms. The molecule has 4 aromatic rings. The number of likely N-dealkylation sites (tertiary alicyclic amines) is 1. The number of phenolic OH excluding ortho intramolecular Hbond substituents is 1. The monoisotopic (exact) mass is 775 g/mol. The molecule has 14 heteroatoms. The second-order valence-corrected chi connectivity index (χ2v) is 17.3. The predicted octanol–water partition coefficient (Wildman–Crippen LogP) is 5.54. The van der Waals surface area contributed by atoms with Crippen LogP contribution in [0.1, 0.15) is 64.4 Å². The Kier molecular flexibility index (Phi) is 9.51. The van der Waals surface area contributed by atoms with Crippen LogP contribution in [-0.4, -0.2) is 119 Å². The van der Waals surface area contributed by atoms with Crippen LogP contribution < -0.4 is 14.4 Å². The standard InChI is InChI=1S/C42H51F2N5O7/c1-4-28-30(43)9-8-24-13-26(51)14-29(32(24)28)35-34(44)36-33(38(45-35)53-3)37(48-17-27(18-50)55-20-40(2,52)19-48)47-39(46-36)56-23-42-10-5-7-31(42)49(12-6-11-42)25-15-41(16-25)21-54-22-41/h8-9,13-14,25,27,31,50-52H,4-7,10-12,15-23H2,1-3H3/t27-,31-,40+,42-/m1/s1. The zero-order chi connectivity index (χ0) is 39.0. The molecule has 5 aliphatic rings. The minimum atomic E-state index is -1.35. The van der Waals surface area contributed by atoms with Gasteiger partial charge in [0.05, 0.1) is 52.8 Å². The van der Waals surface area contributed by atoms with Crippen LogP contribution in [0, 0.1) is 22.5 Å². The van der Waals surface area contributed by atoms with Gasteiger partial charge in [0.1, 0.15) is 39.6 Å². The number of aromatic nitrogens is 3. The van der Waals surface area contributed by atoms with Crippen molar-refractivity contribution in [2.24, 2.45) is 10.8 Å². The summed E-state index contributed by atoms with van der Waals surface area (Å²) in [6, 6.07) is 6.65. The number of halogens is 2. The lowest BCUT2D eigenvalue weighted by atomic mass is 9.62. The van der Waals surface area contributed by atoms with Crippen molar-refractivity contribution in [1.82, 2.24) is 19.9 Å². The van der Waals surface area contributed by atoms with Crippen molar-refractivity contribution in [2.45, 2.75) is 89.0 Å². The van der Waals surface area contributed by atoms with Gasteiger partial charge in [-0.2, -0.15) is 9.97 Å². The molecular weight excluding hydrogens is 724 g/mol. The van der Waals surface area contributed by atoms with Crippen molar-refractivity contribution >= 4 is 27.5 Å². The highest BCUT2D eigenvalue weighted by Gasteiger charge is 2.57. The number of hydrogen-bond acceptors (Lipinski definition) is 12. The van der Waals surface area contributed by atoms with E-state index in [4.69, 9.17) is 28.9 Å². The van der Waals surface area contributed by atoms with Crippen LogP contribution in [0.5, 0.6) is 17.6 Å². The topological polar surface area (TPSA) is 143 Å². The predicted molar refractivity (Wildman–Crippen MR) is 205 cm³/mol. The molecule has 2 aromatic heterocycles.